The summed E-state index contributed by atoms with van der Waals surface area (Å²) in [5.41, 5.74) is 0.236. The minimum atomic E-state index is -3.61. The van der Waals surface area contributed by atoms with E-state index in [1.807, 2.05) is 24.3 Å². The molecule has 1 saturated heterocycles. The van der Waals surface area contributed by atoms with Crippen molar-refractivity contribution < 1.29 is 22.8 Å². The minimum absolute atomic E-state index is 0.149. The van der Waals surface area contributed by atoms with Gasteiger partial charge in [0.2, 0.25) is 15.9 Å². The fourth-order valence-electron chi connectivity index (χ4n) is 3.52. The largest absolute Gasteiger partial charge is 0.353 e. The van der Waals surface area contributed by atoms with E-state index >= 15 is 0 Å². The van der Waals surface area contributed by atoms with Gasteiger partial charge in [0.15, 0.2) is 0 Å². The highest BCUT2D eigenvalue weighted by Crippen LogP contribution is 2.32. The van der Waals surface area contributed by atoms with Crippen molar-refractivity contribution in [1.82, 2.24) is 20.3 Å². The zero-order valence-corrected chi connectivity index (χ0v) is 18.5. The first-order valence-electron chi connectivity index (χ1n) is 10.2. The molecule has 0 aromatic heterocycles. The predicted octanol–water partition coefficient (Wildman–Crippen LogP) is 1.08. The van der Waals surface area contributed by atoms with Gasteiger partial charge in [-0.2, -0.15) is 0 Å². The van der Waals surface area contributed by atoms with Crippen LogP contribution in [-0.4, -0.2) is 50.0 Å². The Kier molecular flexibility index (Phi) is 7.26. The highest BCUT2D eigenvalue weighted by atomic mass is 32.2. The Labute approximate surface area is 187 Å². The van der Waals surface area contributed by atoms with E-state index < -0.39 is 40.0 Å². The van der Waals surface area contributed by atoms with Gasteiger partial charge in [0, 0.05) is 13.1 Å². The van der Waals surface area contributed by atoms with Crippen molar-refractivity contribution >= 4 is 27.9 Å². The molecule has 3 N–H and O–H groups in total. The summed E-state index contributed by atoms with van der Waals surface area (Å²) in [7, 11) is -3.61. The second-order valence-electron chi connectivity index (χ2n) is 7.42. The van der Waals surface area contributed by atoms with Crippen LogP contribution in [0, 0.1) is 0 Å². The Morgan fingerprint density at radius 3 is 2.28 bits per heavy atom. The van der Waals surface area contributed by atoms with E-state index in [4.69, 9.17) is 0 Å². The molecule has 170 valence electrons. The van der Waals surface area contributed by atoms with E-state index in [0.29, 0.717) is 12.0 Å². The molecule has 1 heterocycles. The number of amides is 4. The smallest absolute Gasteiger partial charge is 0.325 e. The summed E-state index contributed by atoms with van der Waals surface area (Å²) in [6.45, 7) is 1.29. The number of urea groups is 1. The molecule has 0 aliphatic carbocycles. The molecule has 1 aliphatic heterocycles. The van der Waals surface area contributed by atoms with Crippen molar-refractivity contribution in [2.24, 2.45) is 0 Å². The lowest BCUT2D eigenvalue weighted by atomic mass is 9.87. The number of carbonyl (C=O) groups excluding carboxylic acids is 3. The number of hydrogen-bond donors (Lipinski definition) is 3. The van der Waals surface area contributed by atoms with Crippen molar-refractivity contribution in [2.75, 3.05) is 18.8 Å². The second-order valence-corrected chi connectivity index (χ2v) is 9.35. The first kappa shape index (κ1) is 23.4. The molecule has 1 atom stereocenters. The number of imide groups is 1. The standard InChI is InChI=1S/C22H26N4O5S/c1-2-22(18-11-7-4-8-12-18)20(28)26(21(29)25-22)16-19(27)23-13-14-32(30,31)24-15-17-9-5-3-6-10-17/h3-12,24H,2,13-16H2,1H3,(H,23,27)(H,25,29). The Morgan fingerprint density at radius 1 is 1.03 bits per heavy atom. The number of hydrogen-bond acceptors (Lipinski definition) is 5. The quantitative estimate of drug-likeness (QED) is 0.460. The maximum Gasteiger partial charge on any atom is 0.325 e. The predicted molar refractivity (Wildman–Crippen MR) is 119 cm³/mol. The summed E-state index contributed by atoms with van der Waals surface area (Å²) in [4.78, 5) is 38.6. The van der Waals surface area contributed by atoms with Crippen LogP contribution in [0.15, 0.2) is 60.7 Å². The van der Waals surface area contributed by atoms with Gasteiger partial charge in [-0.1, -0.05) is 67.6 Å². The molecule has 1 aliphatic rings. The van der Waals surface area contributed by atoms with E-state index in [2.05, 4.69) is 15.4 Å². The number of nitrogens with one attached hydrogen (secondary N) is 3. The van der Waals surface area contributed by atoms with Crippen molar-refractivity contribution in [3.05, 3.63) is 71.8 Å². The van der Waals surface area contributed by atoms with Gasteiger partial charge in [-0.3, -0.25) is 14.5 Å². The van der Waals surface area contributed by atoms with Gasteiger partial charge >= 0.3 is 6.03 Å². The van der Waals surface area contributed by atoms with Crippen LogP contribution >= 0.6 is 0 Å². The molecule has 3 rings (SSSR count). The third kappa shape index (κ3) is 5.32. The lowest BCUT2D eigenvalue weighted by molar-refractivity contribution is -0.135. The van der Waals surface area contributed by atoms with Gasteiger partial charge in [0.1, 0.15) is 12.1 Å². The maximum atomic E-state index is 13.0. The van der Waals surface area contributed by atoms with Crippen molar-refractivity contribution in [1.29, 1.82) is 0 Å². The van der Waals surface area contributed by atoms with Crippen LogP contribution in [-0.2, 0) is 31.7 Å². The molecule has 4 amide bonds. The van der Waals surface area contributed by atoms with Crippen molar-refractivity contribution in [3.63, 3.8) is 0 Å². The van der Waals surface area contributed by atoms with Gasteiger partial charge in [-0.05, 0) is 17.5 Å². The van der Waals surface area contributed by atoms with Crippen LogP contribution in [0.25, 0.3) is 0 Å². The highest BCUT2D eigenvalue weighted by Gasteiger charge is 2.51. The lowest BCUT2D eigenvalue weighted by Gasteiger charge is -2.25. The monoisotopic (exact) mass is 458 g/mol. The summed E-state index contributed by atoms with van der Waals surface area (Å²) in [6.07, 6.45) is 0.324. The van der Waals surface area contributed by atoms with E-state index in [1.165, 1.54) is 0 Å². The van der Waals surface area contributed by atoms with Gasteiger partial charge in [0.05, 0.1) is 5.75 Å². The van der Waals surface area contributed by atoms with Crippen LogP contribution in [0.1, 0.15) is 24.5 Å². The molecule has 10 heteroatoms. The van der Waals surface area contributed by atoms with Crippen LogP contribution < -0.4 is 15.4 Å². The molecule has 0 saturated carbocycles. The number of sulfonamides is 1. The molecule has 2 aromatic carbocycles. The Balaban J connectivity index is 1.52. The third-order valence-electron chi connectivity index (χ3n) is 5.31. The highest BCUT2D eigenvalue weighted by molar-refractivity contribution is 7.89. The fourth-order valence-corrected chi connectivity index (χ4v) is 4.42. The van der Waals surface area contributed by atoms with Crippen LogP contribution in [0.4, 0.5) is 4.79 Å². The Bertz CT molecular complexity index is 1080. The fraction of sp³-hybridized carbons (Fsp3) is 0.318. The number of carbonyl (C=O) groups is 3. The van der Waals surface area contributed by atoms with Gasteiger partial charge in [-0.15, -0.1) is 0 Å². The Hall–Kier alpha value is -3.24. The summed E-state index contributed by atoms with van der Waals surface area (Å²) in [5, 5.41) is 5.16. The summed E-state index contributed by atoms with van der Waals surface area (Å²) >= 11 is 0. The zero-order valence-electron chi connectivity index (χ0n) is 17.7. The average molecular weight is 459 g/mol. The summed E-state index contributed by atoms with van der Waals surface area (Å²) in [5.74, 6) is -1.45. The van der Waals surface area contributed by atoms with Crippen molar-refractivity contribution in [2.45, 2.75) is 25.4 Å². The summed E-state index contributed by atoms with van der Waals surface area (Å²) < 4.78 is 26.7. The van der Waals surface area contributed by atoms with E-state index in [0.717, 1.165) is 10.5 Å². The van der Waals surface area contributed by atoms with Crippen molar-refractivity contribution in [3.8, 4) is 0 Å². The summed E-state index contributed by atoms with van der Waals surface area (Å²) in [6, 6.07) is 17.2. The molecule has 32 heavy (non-hydrogen) atoms. The van der Waals surface area contributed by atoms with E-state index in [9.17, 15) is 22.8 Å². The van der Waals surface area contributed by atoms with E-state index in [-0.39, 0.29) is 18.8 Å². The number of nitrogens with zero attached hydrogens (tertiary/aromatic N) is 1. The molecule has 0 spiro atoms. The molecule has 9 nitrogen and oxygen atoms in total. The van der Waals surface area contributed by atoms with Gasteiger partial charge in [0.25, 0.3) is 5.91 Å². The number of rotatable bonds is 10. The zero-order chi connectivity index (χ0) is 23.2. The molecule has 1 fully saturated rings. The topological polar surface area (TPSA) is 125 Å². The molecule has 0 radical (unpaired) electrons. The SMILES string of the molecule is CCC1(c2ccccc2)NC(=O)N(CC(=O)NCCS(=O)(=O)NCc2ccccc2)C1=O. The average Bonchev–Trinajstić information content (AvgIpc) is 3.04. The second kappa shape index (κ2) is 9.92. The van der Waals surface area contributed by atoms with Gasteiger partial charge in [-0.25, -0.2) is 17.9 Å². The third-order valence-corrected chi connectivity index (χ3v) is 6.63. The maximum absolute atomic E-state index is 13.0. The van der Waals surface area contributed by atoms with Crippen LogP contribution in [0.5, 0.6) is 0 Å². The first-order chi connectivity index (χ1) is 15.3. The van der Waals surface area contributed by atoms with Crippen LogP contribution in [0.3, 0.4) is 0 Å². The molecular formula is C22H26N4O5S. The molecule has 0 bridgehead atoms. The van der Waals surface area contributed by atoms with Crippen LogP contribution in [0.2, 0.25) is 0 Å². The first-order valence-corrected chi connectivity index (χ1v) is 11.9. The lowest BCUT2D eigenvalue weighted by Crippen LogP contribution is -2.45. The normalized spacial score (nSPS) is 18.5. The van der Waals surface area contributed by atoms with E-state index in [1.54, 1.807) is 43.3 Å². The Morgan fingerprint density at radius 2 is 1.66 bits per heavy atom. The molecule has 1 unspecified atom stereocenters. The molecule has 2 aromatic rings. The minimum Gasteiger partial charge on any atom is -0.353 e. The van der Waals surface area contributed by atoms with Gasteiger partial charge < -0.3 is 10.6 Å². The molecular weight excluding hydrogens is 432 g/mol. The number of benzene rings is 2.